The molecule has 112 valence electrons. The lowest BCUT2D eigenvalue weighted by Gasteiger charge is -2.22. The van der Waals surface area contributed by atoms with Crippen molar-refractivity contribution in [1.82, 2.24) is 0 Å². The smallest absolute Gasteiger partial charge is 0.239 e. The normalized spacial score (nSPS) is 17.1. The Morgan fingerprint density at radius 3 is 2.50 bits per heavy atom. The highest BCUT2D eigenvalue weighted by molar-refractivity contribution is 7.89. The molecule has 0 amide bonds. The zero-order valence-electron chi connectivity index (χ0n) is 10.6. The highest BCUT2D eigenvalue weighted by Gasteiger charge is 2.20. The van der Waals surface area contributed by atoms with Gasteiger partial charge in [0.1, 0.15) is 15.7 Å². The van der Waals surface area contributed by atoms with Gasteiger partial charge in [0.15, 0.2) is 0 Å². The van der Waals surface area contributed by atoms with Crippen LogP contribution in [-0.4, -0.2) is 28.2 Å². The lowest BCUT2D eigenvalue weighted by Crippen LogP contribution is -2.21. The molecule has 0 aliphatic carbocycles. The van der Waals surface area contributed by atoms with Crippen molar-refractivity contribution in [3.8, 4) is 5.75 Å². The van der Waals surface area contributed by atoms with Crippen molar-refractivity contribution >= 4 is 33.2 Å². The Morgan fingerprint density at radius 2 is 1.90 bits per heavy atom. The zero-order chi connectivity index (χ0) is 14.8. The van der Waals surface area contributed by atoms with Gasteiger partial charge in [-0.25, -0.2) is 13.6 Å². The third kappa shape index (κ3) is 3.77. The molecule has 0 radical (unpaired) electrons. The standard InChI is InChI=1S/C12H15Cl2NO4S/c13-11-9(19-7-8-3-5-18-6-4-8)1-2-10(12(11)14)20(15,16)17/h1-2,8H,3-7H2,(H2,15,16,17). The van der Waals surface area contributed by atoms with E-state index in [1.165, 1.54) is 12.1 Å². The van der Waals surface area contributed by atoms with Crippen LogP contribution >= 0.6 is 23.2 Å². The molecule has 2 rings (SSSR count). The predicted octanol–water partition coefficient (Wildman–Crippen LogP) is 2.45. The molecule has 1 aliphatic heterocycles. The van der Waals surface area contributed by atoms with E-state index in [0.717, 1.165) is 26.1 Å². The molecular formula is C12H15Cl2NO4S. The van der Waals surface area contributed by atoms with Crippen LogP contribution < -0.4 is 9.88 Å². The summed E-state index contributed by atoms with van der Waals surface area (Å²) in [6.07, 6.45) is 1.86. The zero-order valence-corrected chi connectivity index (χ0v) is 13.0. The highest BCUT2D eigenvalue weighted by Crippen LogP contribution is 2.36. The summed E-state index contributed by atoms with van der Waals surface area (Å²) in [6, 6.07) is 2.76. The summed E-state index contributed by atoms with van der Waals surface area (Å²) in [5.74, 6) is 0.757. The van der Waals surface area contributed by atoms with Crippen LogP contribution in [0.25, 0.3) is 0 Å². The predicted molar refractivity (Wildman–Crippen MR) is 76.9 cm³/mol. The first kappa shape index (κ1) is 15.9. The molecule has 8 heteroatoms. The fourth-order valence-corrected chi connectivity index (χ4v) is 3.33. The van der Waals surface area contributed by atoms with Gasteiger partial charge in [0.25, 0.3) is 0 Å². The molecule has 1 aromatic carbocycles. The second-order valence-electron chi connectivity index (χ2n) is 4.60. The van der Waals surface area contributed by atoms with Gasteiger partial charge >= 0.3 is 0 Å². The van der Waals surface area contributed by atoms with Gasteiger partial charge in [-0.05, 0) is 30.9 Å². The third-order valence-corrected chi connectivity index (χ3v) is 5.06. The van der Waals surface area contributed by atoms with Crippen molar-refractivity contribution in [3.63, 3.8) is 0 Å². The van der Waals surface area contributed by atoms with E-state index >= 15 is 0 Å². The van der Waals surface area contributed by atoms with Gasteiger partial charge in [-0.2, -0.15) is 0 Å². The van der Waals surface area contributed by atoms with Gasteiger partial charge < -0.3 is 9.47 Å². The SMILES string of the molecule is NS(=O)(=O)c1ccc(OCC2CCOCC2)c(Cl)c1Cl. The van der Waals surface area contributed by atoms with E-state index in [2.05, 4.69) is 0 Å². The van der Waals surface area contributed by atoms with Gasteiger partial charge in [0.2, 0.25) is 10.0 Å². The van der Waals surface area contributed by atoms with Gasteiger partial charge in [-0.15, -0.1) is 0 Å². The van der Waals surface area contributed by atoms with Crippen LogP contribution in [0.4, 0.5) is 0 Å². The molecule has 1 fully saturated rings. The summed E-state index contributed by atoms with van der Waals surface area (Å²) in [6.45, 7) is 1.95. The first-order valence-electron chi connectivity index (χ1n) is 6.11. The van der Waals surface area contributed by atoms with Crippen LogP contribution in [0.2, 0.25) is 10.0 Å². The Bertz CT molecular complexity index is 585. The molecule has 2 N–H and O–H groups in total. The maximum absolute atomic E-state index is 11.3. The van der Waals surface area contributed by atoms with E-state index in [9.17, 15) is 8.42 Å². The molecule has 20 heavy (non-hydrogen) atoms. The van der Waals surface area contributed by atoms with E-state index < -0.39 is 10.0 Å². The minimum Gasteiger partial charge on any atom is -0.492 e. The van der Waals surface area contributed by atoms with Crippen molar-refractivity contribution in [2.45, 2.75) is 17.7 Å². The number of rotatable bonds is 4. The molecule has 1 saturated heterocycles. The Labute approximate surface area is 128 Å². The Morgan fingerprint density at radius 1 is 1.25 bits per heavy atom. The van der Waals surface area contributed by atoms with Crippen LogP contribution in [0.1, 0.15) is 12.8 Å². The quantitative estimate of drug-likeness (QED) is 0.913. The summed E-state index contributed by atoms with van der Waals surface area (Å²) < 4.78 is 33.5. The second-order valence-corrected chi connectivity index (χ2v) is 6.89. The molecule has 0 atom stereocenters. The average molecular weight is 340 g/mol. The number of primary sulfonamides is 1. The topological polar surface area (TPSA) is 78.6 Å². The lowest BCUT2D eigenvalue weighted by molar-refractivity contribution is 0.0497. The maximum atomic E-state index is 11.3. The molecule has 0 bridgehead atoms. The molecule has 0 saturated carbocycles. The number of halogens is 2. The largest absolute Gasteiger partial charge is 0.492 e. The summed E-state index contributed by atoms with van der Waals surface area (Å²) >= 11 is 11.9. The molecule has 1 aliphatic rings. The van der Waals surface area contributed by atoms with Crippen LogP contribution in [0, 0.1) is 5.92 Å². The average Bonchev–Trinajstić information content (AvgIpc) is 2.40. The van der Waals surface area contributed by atoms with Crippen LogP contribution in [0.15, 0.2) is 17.0 Å². The van der Waals surface area contributed by atoms with Gasteiger partial charge in [0.05, 0.1) is 11.6 Å². The number of ether oxygens (including phenoxy) is 2. The summed E-state index contributed by atoms with van der Waals surface area (Å²) in [4.78, 5) is -0.206. The van der Waals surface area contributed by atoms with E-state index in [-0.39, 0.29) is 14.9 Å². The number of sulfonamides is 1. The molecule has 1 aromatic rings. The number of hydrogen-bond acceptors (Lipinski definition) is 4. The van der Waals surface area contributed by atoms with Crippen LogP contribution in [-0.2, 0) is 14.8 Å². The van der Waals surface area contributed by atoms with Crippen molar-refractivity contribution < 1.29 is 17.9 Å². The highest BCUT2D eigenvalue weighted by atomic mass is 35.5. The van der Waals surface area contributed by atoms with E-state index in [0.29, 0.717) is 18.3 Å². The van der Waals surface area contributed by atoms with Gasteiger partial charge in [-0.3, -0.25) is 0 Å². The molecule has 0 unspecified atom stereocenters. The van der Waals surface area contributed by atoms with Gasteiger partial charge in [-0.1, -0.05) is 23.2 Å². The summed E-state index contributed by atoms with van der Waals surface area (Å²) in [7, 11) is -3.90. The monoisotopic (exact) mass is 339 g/mol. The second kappa shape index (κ2) is 6.49. The maximum Gasteiger partial charge on any atom is 0.239 e. The first-order chi connectivity index (χ1) is 9.39. The lowest BCUT2D eigenvalue weighted by atomic mass is 10.0. The number of benzene rings is 1. The minimum absolute atomic E-state index is 0.0604. The van der Waals surface area contributed by atoms with Crippen molar-refractivity contribution in [2.24, 2.45) is 11.1 Å². The number of nitrogens with two attached hydrogens (primary N) is 1. The van der Waals surface area contributed by atoms with Crippen LogP contribution in [0.5, 0.6) is 5.75 Å². The van der Waals surface area contributed by atoms with Crippen molar-refractivity contribution in [3.05, 3.63) is 22.2 Å². The Kier molecular flexibility index (Phi) is 5.14. The molecule has 0 aromatic heterocycles. The summed E-state index contributed by atoms with van der Waals surface area (Å²) in [5.41, 5.74) is 0. The molecule has 1 heterocycles. The fourth-order valence-electron chi connectivity index (χ4n) is 1.97. The minimum atomic E-state index is -3.90. The van der Waals surface area contributed by atoms with Gasteiger partial charge in [0, 0.05) is 13.2 Å². The molecular weight excluding hydrogens is 325 g/mol. The Balaban J connectivity index is 2.11. The van der Waals surface area contributed by atoms with E-state index in [4.69, 9.17) is 37.8 Å². The molecule has 5 nitrogen and oxygen atoms in total. The van der Waals surface area contributed by atoms with Crippen LogP contribution in [0.3, 0.4) is 0 Å². The third-order valence-electron chi connectivity index (χ3n) is 3.13. The van der Waals surface area contributed by atoms with Crippen molar-refractivity contribution in [2.75, 3.05) is 19.8 Å². The van der Waals surface area contributed by atoms with Crippen molar-refractivity contribution in [1.29, 1.82) is 0 Å². The first-order valence-corrected chi connectivity index (χ1v) is 8.41. The fraction of sp³-hybridized carbons (Fsp3) is 0.500. The Hall–Kier alpha value is -0.530. The molecule has 0 spiro atoms. The van der Waals surface area contributed by atoms with E-state index in [1.807, 2.05) is 0 Å². The summed E-state index contributed by atoms with van der Waals surface area (Å²) in [5, 5.41) is 4.99. The number of hydrogen-bond donors (Lipinski definition) is 1. The van der Waals surface area contributed by atoms with E-state index in [1.54, 1.807) is 0 Å².